The third kappa shape index (κ3) is 2.23. The number of carbonyl (C=O) groups excluding carboxylic acids is 1. The van der Waals surface area contributed by atoms with Gasteiger partial charge >= 0.3 is 6.18 Å². The fourth-order valence-electron chi connectivity index (χ4n) is 1.24. The minimum absolute atomic E-state index is 0.0559. The van der Waals surface area contributed by atoms with Gasteiger partial charge in [-0.2, -0.15) is 13.2 Å². The van der Waals surface area contributed by atoms with Gasteiger partial charge in [-0.15, -0.1) is 10.2 Å². The number of hydrogen-bond donors (Lipinski definition) is 1. The van der Waals surface area contributed by atoms with Crippen molar-refractivity contribution in [3.05, 3.63) is 5.01 Å². The van der Waals surface area contributed by atoms with Gasteiger partial charge < -0.3 is 0 Å². The second-order valence-electron chi connectivity index (χ2n) is 3.18. The zero-order chi connectivity index (χ0) is 11.8. The van der Waals surface area contributed by atoms with Crippen LogP contribution in [0.5, 0.6) is 0 Å². The number of rotatable bonds is 1. The number of carbonyl (C=O) groups is 1. The van der Waals surface area contributed by atoms with Crippen molar-refractivity contribution in [2.75, 3.05) is 11.6 Å². The topological polar surface area (TPSA) is 58.1 Å². The van der Waals surface area contributed by atoms with E-state index in [4.69, 9.17) is 0 Å². The smallest absolute Gasteiger partial charge is 0.273 e. The lowest BCUT2D eigenvalue weighted by atomic mass is 10.2. The molecule has 0 spiro atoms. The van der Waals surface area contributed by atoms with Crippen LogP contribution in [0.3, 0.4) is 0 Å². The van der Waals surface area contributed by atoms with E-state index in [2.05, 4.69) is 15.6 Å². The highest BCUT2D eigenvalue weighted by molar-refractivity contribution is 7.15. The highest BCUT2D eigenvalue weighted by Crippen LogP contribution is 2.34. The van der Waals surface area contributed by atoms with Gasteiger partial charge in [-0.05, 0) is 6.42 Å². The quantitative estimate of drug-likeness (QED) is 0.815. The molecule has 0 atom stereocenters. The molecule has 0 aliphatic carbocycles. The van der Waals surface area contributed by atoms with E-state index < -0.39 is 11.2 Å². The van der Waals surface area contributed by atoms with Gasteiger partial charge in [0.05, 0.1) is 0 Å². The average Bonchev–Trinajstić information content (AvgIpc) is 2.65. The summed E-state index contributed by atoms with van der Waals surface area (Å²) < 4.78 is 36.7. The largest absolute Gasteiger partial charge is 0.445 e. The van der Waals surface area contributed by atoms with Crippen LogP contribution >= 0.6 is 11.3 Å². The predicted octanol–water partition coefficient (Wildman–Crippen LogP) is 1.19. The Morgan fingerprint density at radius 2 is 2.12 bits per heavy atom. The van der Waals surface area contributed by atoms with E-state index in [-0.39, 0.29) is 11.0 Å². The van der Waals surface area contributed by atoms with E-state index in [1.807, 2.05) is 0 Å². The van der Waals surface area contributed by atoms with Crippen molar-refractivity contribution in [2.45, 2.75) is 19.0 Å². The predicted molar refractivity (Wildman–Crippen MR) is 49.6 cm³/mol. The molecule has 0 aromatic carbocycles. The number of aromatic nitrogens is 2. The summed E-state index contributed by atoms with van der Waals surface area (Å²) in [7, 11) is 0. The van der Waals surface area contributed by atoms with Crippen LogP contribution in [0, 0.1) is 0 Å². The Labute approximate surface area is 92.2 Å². The van der Waals surface area contributed by atoms with Crippen LogP contribution in [-0.2, 0) is 11.0 Å². The van der Waals surface area contributed by atoms with Crippen molar-refractivity contribution >= 4 is 22.4 Å². The fourth-order valence-corrected chi connectivity index (χ4v) is 1.94. The van der Waals surface area contributed by atoms with Crippen LogP contribution in [0.15, 0.2) is 0 Å². The van der Waals surface area contributed by atoms with Gasteiger partial charge in [-0.3, -0.25) is 15.2 Å². The summed E-state index contributed by atoms with van der Waals surface area (Å²) in [5, 5.41) is 6.77. The molecule has 1 aliphatic rings. The second-order valence-corrected chi connectivity index (χ2v) is 4.13. The molecule has 1 aliphatic heterocycles. The summed E-state index contributed by atoms with van der Waals surface area (Å²) >= 11 is 0.412. The summed E-state index contributed by atoms with van der Waals surface area (Å²) in [5.41, 5.74) is 2.43. The molecular formula is C7H7F3N4OS. The first-order valence-electron chi connectivity index (χ1n) is 4.44. The first kappa shape index (κ1) is 11.1. The standard InChI is InChI=1S/C7H7F3N4OS/c8-7(9,10)5-11-12-6(16-5)14-3-1-2-4(15)13-14/h1-3H2,(H,13,15). The van der Waals surface area contributed by atoms with Crippen LogP contribution in [0.2, 0.25) is 0 Å². The Hall–Kier alpha value is -1.38. The first-order valence-corrected chi connectivity index (χ1v) is 5.26. The van der Waals surface area contributed by atoms with Gasteiger partial charge in [-0.25, -0.2) is 0 Å². The lowest BCUT2D eigenvalue weighted by Gasteiger charge is -2.25. The maximum atomic E-state index is 12.2. The van der Waals surface area contributed by atoms with Crippen LogP contribution in [0.25, 0.3) is 0 Å². The second kappa shape index (κ2) is 3.89. The number of nitrogens with zero attached hydrogens (tertiary/aromatic N) is 3. The van der Waals surface area contributed by atoms with Crippen LogP contribution < -0.4 is 10.4 Å². The minimum atomic E-state index is -4.49. The SMILES string of the molecule is O=C1CCCN(c2nnc(C(F)(F)F)s2)N1. The molecule has 1 aromatic rings. The van der Waals surface area contributed by atoms with Crippen molar-refractivity contribution in [1.82, 2.24) is 15.6 Å². The molecule has 1 saturated heterocycles. The van der Waals surface area contributed by atoms with Crippen LogP contribution in [0.1, 0.15) is 17.8 Å². The van der Waals surface area contributed by atoms with Crippen molar-refractivity contribution in [1.29, 1.82) is 0 Å². The number of alkyl halides is 3. The summed E-state index contributed by atoms with van der Waals surface area (Å²) in [5.74, 6) is -0.227. The maximum Gasteiger partial charge on any atom is 0.445 e. The summed E-state index contributed by atoms with van der Waals surface area (Å²) in [6.45, 7) is 0.443. The van der Waals surface area contributed by atoms with E-state index >= 15 is 0 Å². The van der Waals surface area contributed by atoms with Crippen molar-refractivity contribution in [2.24, 2.45) is 0 Å². The molecule has 1 aromatic heterocycles. The Balaban J connectivity index is 2.15. The monoisotopic (exact) mass is 252 g/mol. The zero-order valence-corrected chi connectivity index (χ0v) is 8.73. The average molecular weight is 252 g/mol. The molecule has 16 heavy (non-hydrogen) atoms. The molecule has 0 unspecified atom stereocenters. The lowest BCUT2D eigenvalue weighted by molar-refractivity contribution is -0.138. The maximum absolute atomic E-state index is 12.2. The number of amides is 1. The number of anilines is 1. The van der Waals surface area contributed by atoms with Crippen molar-refractivity contribution in [3.63, 3.8) is 0 Å². The van der Waals surface area contributed by atoms with Gasteiger partial charge in [0, 0.05) is 13.0 Å². The summed E-state index contributed by atoms with van der Waals surface area (Å²) in [6, 6.07) is 0. The number of hydrogen-bond acceptors (Lipinski definition) is 5. The Morgan fingerprint density at radius 3 is 2.69 bits per heavy atom. The molecule has 1 N–H and O–H groups in total. The molecule has 0 radical (unpaired) electrons. The molecule has 9 heteroatoms. The van der Waals surface area contributed by atoms with Crippen LogP contribution in [0.4, 0.5) is 18.3 Å². The molecule has 2 heterocycles. The van der Waals surface area contributed by atoms with Gasteiger partial charge in [0.1, 0.15) is 0 Å². The zero-order valence-electron chi connectivity index (χ0n) is 7.91. The molecule has 0 saturated carbocycles. The number of nitrogens with one attached hydrogen (secondary N) is 1. The molecule has 88 valence electrons. The fraction of sp³-hybridized carbons (Fsp3) is 0.571. The molecule has 5 nitrogen and oxygen atoms in total. The van der Waals surface area contributed by atoms with E-state index in [0.29, 0.717) is 30.7 Å². The lowest BCUT2D eigenvalue weighted by Crippen LogP contribution is -2.46. The molecular weight excluding hydrogens is 245 g/mol. The Bertz CT molecular complexity index is 405. The van der Waals surface area contributed by atoms with Gasteiger partial charge in [0.15, 0.2) is 0 Å². The van der Waals surface area contributed by atoms with E-state index in [1.165, 1.54) is 5.01 Å². The summed E-state index contributed by atoms with van der Waals surface area (Å²) in [4.78, 5) is 11.0. The highest BCUT2D eigenvalue weighted by atomic mass is 32.1. The Morgan fingerprint density at radius 1 is 1.38 bits per heavy atom. The number of hydrazine groups is 1. The van der Waals surface area contributed by atoms with Gasteiger partial charge in [0.25, 0.3) is 0 Å². The van der Waals surface area contributed by atoms with E-state index in [9.17, 15) is 18.0 Å². The molecule has 1 fully saturated rings. The van der Waals surface area contributed by atoms with Crippen LogP contribution in [-0.4, -0.2) is 22.6 Å². The van der Waals surface area contributed by atoms with E-state index in [1.54, 1.807) is 0 Å². The third-order valence-corrected chi connectivity index (χ3v) is 2.92. The molecule has 1 amide bonds. The van der Waals surface area contributed by atoms with Crippen molar-refractivity contribution in [3.8, 4) is 0 Å². The van der Waals surface area contributed by atoms with Crippen molar-refractivity contribution < 1.29 is 18.0 Å². The van der Waals surface area contributed by atoms with Gasteiger partial charge in [0.2, 0.25) is 16.0 Å². The first-order chi connectivity index (χ1) is 7.47. The third-order valence-electron chi connectivity index (χ3n) is 1.93. The normalized spacial score (nSPS) is 17.4. The summed E-state index contributed by atoms with van der Waals surface area (Å²) in [6.07, 6.45) is -3.52. The van der Waals surface area contributed by atoms with Gasteiger partial charge in [-0.1, -0.05) is 11.3 Å². The highest BCUT2D eigenvalue weighted by Gasteiger charge is 2.36. The Kier molecular flexibility index (Phi) is 2.70. The molecule has 2 rings (SSSR count). The van der Waals surface area contributed by atoms with E-state index in [0.717, 1.165) is 0 Å². The minimum Gasteiger partial charge on any atom is -0.273 e. The molecule has 0 bridgehead atoms. The number of halogens is 3.